The highest BCUT2D eigenvalue weighted by molar-refractivity contribution is 5.96. The van der Waals surface area contributed by atoms with Gasteiger partial charge in [0.25, 0.3) is 0 Å². The minimum Gasteiger partial charge on any atom is -0.355 e. The zero-order valence-corrected chi connectivity index (χ0v) is 14.2. The van der Waals surface area contributed by atoms with Crippen LogP contribution in [0.5, 0.6) is 0 Å². The number of nitrogens with one attached hydrogen (secondary N) is 2. The molecule has 0 radical (unpaired) electrons. The van der Waals surface area contributed by atoms with Crippen LogP contribution in [0.25, 0.3) is 0 Å². The Morgan fingerprint density at radius 1 is 0.783 bits per heavy atom. The molecule has 0 bridgehead atoms. The van der Waals surface area contributed by atoms with Gasteiger partial charge in [-0.2, -0.15) is 0 Å². The Morgan fingerprint density at radius 2 is 1.26 bits per heavy atom. The maximum Gasteiger partial charge on any atom is 0.229 e. The average molecular weight is 318 g/mol. The molecule has 0 aromatic heterocycles. The molecule has 0 heterocycles. The van der Waals surface area contributed by atoms with Crippen molar-refractivity contribution in [2.75, 3.05) is 13.1 Å². The second-order valence-corrected chi connectivity index (χ2v) is 6.59. The summed E-state index contributed by atoms with van der Waals surface area (Å²) in [6.45, 7) is 1.29. The molecule has 23 heavy (non-hydrogen) atoms. The molecule has 2 aliphatic rings. The third kappa shape index (κ3) is 7.49. The molecule has 2 amide bonds. The van der Waals surface area contributed by atoms with Crippen LogP contribution in [0.3, 0.4) is 0 Å². The largest absolute Gasteiger partial charge is 0.355 e. The molecular formula is C19H30N2O2. The Labute approximate surface area is 139 Å². The Morgan fingerprint density at radius 3 is 1.65 bits per heavy atom. The number of hydrogen-bond acceptors (Lipinski definition) is 2. The molecule has 4 nitrogen and oxygen atoms in total. The SMILES string of the molecule is O=C(CC(=O)NCCC1=CCCCC1)NCCC1=CCCCC1. The quantitative estimate of drug-likeness (QED) is 0.532. The lowest BCUT2D eigenvalue weighted by atomic mass is 9.97. The summed E-state index contributed by atoms with van der Waals surface area (Å²) < 4.78 is 0. The van der Waals surface area contributed by atoms with Gasteiger partial charge in [0.15, 0.2) is 0 Å². The predicted octanol–water partition coefficient (Wildman–Crippen LogP) is 3.39. The molecule has 0 aromatic carbocycles. The monoisotopic (exact) mass is 318 g/mol. The maximum absolute atomic E-state index is 11.8. The Hall–Kier alpha value is -1.58. The van der Waals surface area contributed by atoms with Crippen molar-refractivity contribution in [3.8, 4) is 0 Å². The number of hydrogen-bond donors (Lipinski definition) is 2. The fraction of sp³-hybridized carbons (Fsp3) is 0.684. The van der Waals surface area contributed by atoms with Crippen LogP contribution in [0.1, 0.15) is 70.6 Å². The van der Waals surface area contributed by atoms with Crippen LogP contribution in [-0.4, -0.2) is 24.9 Å². The first-order valence-electron chi connectivity index (χ1n) is 9.13. The number of allylic oxidation sites excluding steroid dienone is 2. The zero-order chi connectivity index (χ0) is 16.3. The Kier molecular flexibility index (Phi) is 7.91. The van der Waals surface area contributed by atoms with Gasteiger partial charge < -0.3 is 10.6 Å². The lowest BCUT2D eigenvalue weighted by Gasteiger charge is -2.13. The molecule has 0 atom stereocenters. The van der Waals surface area contributed by atoms with Crippen molar-refractivity contribution in [1.82, 2.24) is 10.6 Å². The van der Waals surface area contributed by atoms with E-state index in [1.54, 1.807) is 0 Å². The Balaban J connectivity index is 1.52. The van der Waals surface area contributed by atoms with E-state index in [0.717, 1.165) is 25.7 Å². The van der Waals surface area contributed by atoms with Crippen LogP contribution in [0.4, 0.5) is 0 Å². The third-order valence-electron chi connectivity index (χ3n) is 4.63. The van der Waals surface area contributed by atoms with Gasteiger partial charge in [-0.15, -0.1) is 0 Å². The summed E-state index contributed by atoms with van der Waals surface area (Å²) in [5.74, 6) is -0.341. The highest BCUT2D eigenvalue weighted by Gasteiger charge is 2.10. The van der Waals surface area contributed by atoms with E-state index in [1.807, 2.05) is 0 Å². The van der Waals surface area contributed by atoms with Gasteiger partial charge in [0, 0.05) is 13.1 Å². The number of carbonyl (C=O) groups excluding carboxylic acids is 2. The second-order valence-electron chi connectivity index (χ2n) is 6.59. The lowest BCUT2D eigenvalue weighted by Crippen LogP contribution is -2.33. The molecule has 0 fully saturated rings. The molecule has 2 N–H and O–H groups in total. The van der Waals surface area contributed by atoms with Gasteiger partial charge in [0.1, 0.15) is 6.42 Å². The second kappa shape index (κ2) is 10.2. The summed E-state index contributed by atoms with van der Waals surface area (Å²) in [7, 11) is 0. The molecule has 2 rings (SSSR count). The van der Waals surface area contributed by atoms with Crippen molar-refractivity contribution >= 4 is 11.8 Å². The average Bonchev–Trinajstić information content (AvgIpc) is 2.57. The molecule has 128 valence electrons. The van der Waals surface area contributed by atoms with Gasteiger partial charge in [-0.25, -0.2) is 0 Å². The van der Waals surface area contributed by atoms with E-state index >= 15 is 0 Å². The van der Waals surface area contributed by atoms with Gasteiger partial charge in [0.05, 0.1) is 0 Å². The van der Waals surface area contributed by atoms with Crippen molar-refractivity contribution < 1.29 is 9.59 Å². The normalized spacial score (nSPS) is 17.9. The van der Waals surface area contributed by atoms with E-state index in [0.29, 0.717) is 13.1 Å². The van der Waals surface area contributed by atoms with Gasteiger partial charge in [0.2, 0.25) is 11.8 Å². The first-order chi connectivity index (χ1) is 11.2. The number of rotatable bonds is 8. The molecule has 0 spiro atoms. The van der Waals surface area contributed by atoms with Crippen molar-refractivity contribution in [2.45, 2.75) is 70.6 Å². The van der Waals surface area contributed by atoms with E-state index in [4.69, 9.17) is 0 Å². The molecule has 0 saturated carbocycles. The highest BCUT2D eigenvalue weighted by atomic mass is 16.2. The molecule has 0 aliphatic heterocycles. The van der Waals surface area contributed by atoms with E-state index < -0.39 is 0 Å². The highest BCUT2D eigenvalue weighted by Crippen LogP contribution is 2.20. The van der Waals surface area contributed by atoms with Crippen molar-refractivity contribution in [2.24, 2.45) is 0 Å². The zero-order valence-electron chi connectivity index (χ0n) is 14.2. The fourth-order valence-electron chi connectivity index (χ4n) is 3.26. The number of amides is 2. The third-order valence-corrected chi connectivity index (χ3v) is 4.63. The molecule has 0 saturated heterocycles. The summed E-state index contributed by atoms with van der Waals surface area (Å²) in [5, 5.41) is 5.70. The predicted molar refractivity (Wildman–Crippen MR) is 93.0 cm³/mol. The standard InChI is InChI=1S/C19H30N2O2/c22-18(20-13-11-16-7-3-1-4-8-16)15-19(23)21-14-12-17-9-5-2-6-10-17/h7,9H,1-6,8,10-15H2,(H,20,22)(H,21,23). The molecular weight excluding hydrogens is 288 g/mol. The fourth-order valence-corrected chi connectivity index (χ4v) is 3.26. The van der Waals surface area contributed by atoms with Gasteiger partial charge in [-0.3, -0.25) is 9.59 Å². The van der Waals surface area contributed by atoms with Crippen LogP contribution < -0.4 is 10.6 Å². The first-order valence-corrected chi connectivity index (χ1v) is 9.13. The Bertz CT molecular complexity index is 424. The smallest absolute Gasteiger partial charge is 0.229 e. The minimum absolute atomic E-state index is 0.0574. The van der Waals surface area contributed by atoms with Crippen LogP contribution in [-0.2, 0) is 9.59 Å². The maximum atomic E-state index is 11.8. The summed E-state index contributed by atoms with van der Waals surface area (Å²) >= 11 is 0. The van der Waals surface area contributed by atoms with Crippen LogP contribution in [0, 0.1) is 0 Å². The summed E-state index contributed by atoms with van der Waals surface area (Å²) in [5.41, 5.74) is 2.89. The van der Waals surface area contributed by atoms with E-state index in [1.165, 1.54) is 49.7 Å². The van der Waals surface area contributed by atoms with Gasteiger partial charge in [-0.05, 0) is 64.2 Å². The van der Waals surface area contributed by atoms with Crippen molar-refractivity contribution in [3.05, 3.63) is 23.3 Å². The van der Waals surface area contributed by atoms with Gasteiger partial charge in [-0.1, -0.05) is 23.3 Å². The van der Waals surface area contributed by atoms with Crippen molar-refractivity contribution in [3.63, 3.8) is 0 Å². The topological polar surface area (TPSA) is 58.2 Å². The summed E-state index contributed by atoms with van der Waals surface area (Å²) in [4.78, 5) is 23.5. The lowest BCUT2D eigenvalue weighted by molar-refractivity contribution is -0.129. The van der Waals surface area contributed by atoms with Crippen LogP contribution >= 0.6 is 0 Å². The molecule has 2 aliphatic carbocycles. The molecule has 0 aromatic rings. The molecule has 4 heteroatoms. The van der Waals surface area contributed by atoms with E-state index in [9.17, 15) is 9.59 Å². The van der Waals surface area contributed by atoms with Crippen LogP contribution in [0.2, 0.25) is 0 Å². The first kappa shape index (κ1) is 17.8. The van der Waals surface area contributed by atoms with Gasteiger partial charge >= 0.3 is 0 Å². The number of carbonyl (C=O) groups is 2. The van der Waals surface area contributed by atoms with Crippen molar-refractivity contribution in [1.29, 1.82) is 0 Å². The molecule has 0 unspecified atom stereocenters. The summed E-state index contributed by atoms with van der Waals surface area (Å²) in [6, 6.07) is 0. The van der Waals surface area contributed by atoms with E-state index in [-0.39, 0.29) is 18.2 Å². The minimum atomic E-state index is -0.171. The van der Waals surface area contributed by atoms with Crippen LogP contribution in [0.15, 0.2) is 23.3 Å². The van der Waals surface area contributed by atoms with E-state index in [2.05, 4.69) is 22.8 Å². The summed E-state index contributed by atoms with van der Waals surface area (Å²) in [6.07, 6.45) is 16.1.